The number of esters is 1. The minimum Gasteiger partial charge on any atom is -0.497 e. The number of aliphatic hydroxyl groups is 1. The fraction of sp³-hybridized carbons (Fsp3) is 0.182. The van der Waals surface area contributed by atoms with Gasteiger partial charge in [-0.2, -0.15) is 0 Å². The number of carbonyl (C=O) groups is 1. The number of carbonyl (C=O) groups excluding carboxylic acids is 1. The molecule has 0 aliphatic carbocycles. The number of benzene rings is 1. The first kappa shape index (κ1) is 9.73. The molecule has 0 saturated heterocycles. The summed E-state index contributed by atoms with van der Waals surface area (Å²) in [5, 5.41) is 9.93. The van der Waals surface area contributed by atoms with Crippen LogP contribution in [-0.4, -0.2) is 18.2 Å². The molecule has 4 nitrogen and oxygen atoms in total. The molecule has 0 aromatic heterocycles. The highest BCUT2D eigenvalue weighted by molar-refractivity contribution is 5.85. The summed E-state index contributed by atoms with van der Waals surface area (Å²) in [5.74, 6) is -1.51. The summed E-state index contributed by atoms with van der Waals surface area (Å²) in [4.78, 5) is 10.9. The van der Waals surface area contributed by atoms with Crippen LogP contribution in [0.3, 0.4) is 0 Å². The Hall–Kier alpha value is -1.81. The lowest BCUT2D eigenvalue weighted by molar-refractivity contribution is -0.181. The third kappa shape index (κ3) is 1.71. The second-order valence-electron chi connectivity index (χ2n) is 3.18. The molecule has 0 amide bonds. The highest BCUT2D eigenvalue weighted by Crippen LogP contribution is 2.29. The van der Waals surface area contributed by atoms with Crippen molar-refractivity contribution in [2.24, 2.45) is 0 Å². The summed E-state index contributed by atoms with van der Waals surface area (Å²) in [6.07, 6.45) is 2.52. The molecule has 1 heterocycles. The van der Waals surface area contributed by atoms with Gasteiger partial charge in [-0.1, -0.05) is 0 Å². The quantitative estimate of drug-likeness (QED) is 0.732. The van der Waals surface area contributed by atoms with Crippen LogP contribution >= 0.6 is 0 Å². The minimum atomic E-state index is -1.64. The van der Waals surface area contributed by atoms with Crippen LogP contribution in [0.1, 0.15) is 5.56 Å². The number of hydrogen-bond donors (Lipinski definition) is 1. The van der Waals surface area contributed by atoms with Crippen LogP contribution in [0.2, 0.25) is 0 Å². The maximum Gasteiger partial charge on any atom is 0.333 e. The van der Waals surface area contributed by atoms with Crippen molar-refractivity contribution in [2.45, 2.75) is 5.79 Å². The van der Waals surface area contributed by atoms with Gasteiger partial charge in [0.1, 0.15) is 5.75 Å². The molecule has 0 radical (unpaired) electrons. The van der Waals surface area contributed by atoms with Gasteiger partial charge in [-0.15, -0.1) is 0 Å². The van der Waals surface area contributed by atoms with E-state index in [1.54, 1.807) is 31.4 Å². The summed E-state index contributed by atoms with van der Waals surface area (Å²) >= 11 is 0. The molecular formula is C11H10O4. The molecule has 78 valence electrons. The van der Waals surface area contributed by atoms with Gasteiger partial charge in [0.2, 0.25) is 0 Å². The van der Waals surface area contributed by atoms with Crippen LogP contribution in [0.15, 0.2) is 36.4 Å². The maximum atomic E-state index is 10.9. The normalized spacial score (nSPS) is 24.0. The van der Waals surface area contributed by atoms with Crippen molar-refractivity contribution in [2.75, 3.05) is 7.11 Å². The average molecular weight is 206 g/mol. The summed E-state index contributed by atoms with van der Waals surface area (Å²) in [6.45, 7) is 0. The third-order valence-electron chi connectivity index (χ3n) is 2.21. The van der Waals surface area contributed by atoms with Gasteiger partial charge in [-0.05, 0) is 30.3 Å². The molecular weight excluding hydrogens is 196 g/mol. The molecule has 15 heavy (non-hydrogen) atoms. The summed E-state index contributed by atoms with van der Waals surface area (Å²) in [6, 6.07) is 6.66. The van der Waals surface area contributed by atoms with Gasteiger partial charge in [-0.25, -0.2) is 4.79 Å². The van der Waals surface area contributed by atoms with E-state index in [-0.39, 0.29) is 0 Å². The first-order valence-electron chi connectivity index (χ1n) is 4.43. The zero-order valence-electron chi connectivity index (χ0n) is 8.14. The standard InChI is InChI=1S/C11H10O4/c1-14-9-4-2-8(3-5-9)11(13)7-6-10(12)15-11/h2-7,13H,1H3. The SMILES string of the molecule is COc1ccc(C2(O)C=CC(=O)O2)cc1. The van der Waals surface area contributed by atoms with E-state index in [9.17, 15) is 9.90 Å². The van der Waals surface area contributed by atoms with Gasteiger partial charge in [0, 0.05) is 11.6 Å². The zero-order chi connectivity index (χ0) is 10.9. The highest BCUT2D eigenvalue weighted by atomic mass is 16.7. The lowest BCUT2D eigenvalue weighted by atomic mass is 10.1. The molecule has 4 heteroatoms. The van der Waals surface area contributed by atoms with Gasteiger partial charge in [0.05, 0.1) is 7.11 Å². The van der Waals surface area contributed by atoms with Crippen LogP contribution < -0.4 is 4.74 Å². The lowest BCUT2D eigenvalue weighted by Crippen LogP contribution is -2.24. The van der Waals surface area contributed by atoms with E-state index in [0.717, 1.165) is 0 Å². The molecule has 1 atom stereocenters. The van der Waals surface area contributed by atoms with Gasteiger partial charge in [0.25, 0.3) is 5.79 Å². The average Bonchev–Trinajstić information content (AvgIpc) is 2.60. The fourth-order valence-corrected chi connectivity index (χ4v) is 1.39. The Labute approximate surface area is 86.7 Å². The topological polar surface area (TPSA) is 55.8 Å². The summed E-state index contributed by atoms with van der Waals surface area (Å²) in [7, 11) is 1.55. The van der Waals surface area contributed by atoms with Crippen LogP contribution in [0.5, 0.6) is 5.75 Å². The molecule has 1 aromatic carbocycles. The van der Waals surface area contributed by atoms with E-state index < -0.39 is 11.8 Å². The van der Waals surface area contributed by atoms with Gasteiger partial charge < -0.3 is 14.6 Å². The molecule has 1 aliphatic rings. The number of rotatable bonds is 2. The second-order valence-corrected chi connectivity index (χ2v) is 3.18. The molecule has 2 rings (SSSR count). The maximum absolute atomic E-state index is 10.9. The Bertz CT molecular complexity index is 407. The van der Waals surface area contributed by atoms with Crippen LogP contribution in [0, 0.1) is 0 Å². The van der Waals surface area contributed by atoms with E-state index in [4.69, 9.17) is 9.47 Å². The Morgan fingerprint density at radius 2 is 2.00 bits per heavy atom. The van der Waals surface area contributed by atoms with Gasteiger partial charge >= 0.3 is 5.97 Å². The van der Waals surface area contributed by atoms with Crippen LogP contribution in [0.25, 0.3) is 0 Å². The number of cyclic esters (lactones) is 1. The lowest BCUT2D eigenvalue weighted by Gasteiger charge is -2.20. The Kier molecular flexibility index (Phi) is 2.21. The molecule has 1 unspecified atom stereocenters. The largest absolute Gasteiger partial charge is 0.497 e. The van der Waals surface area contributed by atoms with Crippen molar-refractivity contribution in [1.82, 2.24) is 0 Å². The first-order valence-corrected chi connectivity index (χ1v) is 4.43. The number of ether oxygens (including phenoxy) is 2. The van der Waals surface area contributed by atoms with Crippen molar-refractivity contribution >= 4 is 5.97 Å². The van der Waals surface area contributed by atoms with Crippen molar-refractivity contribution in [3.63, 3.8) is 0 Å². The fourth-order valence-electron chi connectivity index (χ4n) is 1.39. The highest BCUT2D eigenvalue weighted by Gasteiger charge is 2.34. The molecule has 1 aromatic rings. The van der Waals surface area contributed by atoms with E-state index >= 15 is 0 Å². The monoisotopic (exact) mass is 206 g/mol. The zero-order valence-corrected chi connectivity index (χ0v) is 8.14. The van der Waals surface area contributed by atoms with Gasteiger partial charge in [0.15, 0.2) is 0 Å². The minimum absolute atomic E-state index is 0.491. The van der Waals surface area contributed by atoms with E-state index in [2.05, 4.69) is 0 Å². The Morgan fingerprint density at radius 1 is 1.33 bits per heavy atom. The molecule has 0 bridgehead atoms. The molecule has 0 spiro atoms. The van der Waals surface area contributed by atoms with Crippen molar-refractivity contribution < 1.29 is 19.4 Å². The second kappa shape index (κ2) is 3.40. The van der Waals surface area contributed by atoms with E-state index in [1.165, 1.54) is 12.2 Å². The predicted octanol–water partition coefficient (Wildman–Crippen LogP) is 0.953. The van der Waals surface area contributed by atoms with Crippen molar-refractivity contribution in [3.05, 3.63) is 42.0 Å². The number of methoxy groups -OCH3 is 1. The summed E-state index contributed by atoms with van der Waals surface area (Å²) < 4.78 is 9.75. The Balaban J connectivity index is 2.30. The molecule has 0 saturated carbocycles. The van der Waals surface area contributed by atoms with Crippen LogP contribution in [-0.2, 0) is 15.3 Å². The first-order chi connectivity index (χ1) is 7.14. The molecule has 0 fully saturated rings. The van der Waals surface area contributed by atoms with Crippen LogP contribution in [0.4, 0.5) is 0 Å². The molecule has 1 N–H and O–H groups in total. The predicted molar refractivity (Wildman–Crippen MR) is 52.1 cm³/mol. The van der Waals surface area contributed by atoms with Crippen molar-refractivity contribution in [3.8, 4) is 5.75 Å². The van der Waals surface area contributed by atoms with E-state index in [1.807, 2.05) is 0 Å². The van der Waals surface area contributed by atoms with E-state index in [0.29, 0.717) is 11.3 Å². The van der Waals surface area contributed by atoms with Crippen molar-refractivity contribution in [1.29, 1.82) is 0 Å². The summed E-state index contributed by atoms with van der Waals surface area (Å²) in [5.41, 5.74) is 0.491. The Morgan fingerprint density at radius 3 is 2.47 bits per heavy atom. The third-order valence-corrected chi connectivity index (χ3v) is 2.21. The smallest absolute Gasteiger partial charge is 0.333 e. The van der Waals surface area contributed by atoms with Gasteiger partial charge in [-0.3, -0.25) is 0 Å². The number of hydrogen-bond acceptors (Lipinski definition) is 4. The molecule has 1 aliphatic heterocycles.